The first-order valence-electron chi connectivity index (χ1n) is 11.6. The van der Waals surface area contributed by atoms with Crippen LogP contribution < -0.4 is 0 Å². The van der Waals surface area contributed by atoms with Gasteiger partial charge in [0, 0.05) is 98.4 Å². The molecular weight excluding hydrogens is 638 g/mol. The van der Waals surface area contributed by atoms with Gasteiger partial charge in [-0.25, -0.2) is 0 Å². The average molecular weight is 656 g/mol. The van der Waals surface area contributed by atoms with Crippen LogP contribution in [0.2, 0.25) is 0 Å². The van der Waals surface area contributed by atoms with Crippen molar-refractivity contribution in [3.05, 3.63) is 70.8 Å². The molecule has 0 fully saturated rings. The number of nitrogens with zero attached hydrogens (tertiary/aromatic N) is 2. The molecular formula is C28H18N2O6Y2. The number of amides is 4. The van der Waals surface area contributed by atoms with Crippen LogP contribution in [-0.2, 0) is 65.4 Å². The van der Waals surface area contributed by atoms with Crippen LogP contribution in [-0.4, -0.2) is 69.9 Å². The number of benzene rings is 5. The molecule has 5 aromatic rings. The Bertz CT molecular complexity index is 1610. The molecule has 0 bridgehead atoms. The zero-order valence-electron chi connectivity index (χ0n) is 20.0. The summed E-state index contributed by atoms with van der Waals surface area (Å²) < 4.78 is 0. The molecule has 0 aliphatic carbocycles. The average Bonchev–Trinajstić information content (AvgIpc) is 2.89. The Morgan fingerprint density at radius 3 is 0.947 bits per heavy atom. The summed E-state index contributed by atoms with van der Waals surface area (Å²) in [6, 6.07) is 14.2. The van der Waals surface area contributed by atoms with E-state index in [4.69, 9.17) is 0 Å². The number of fused-ring (bicyclic) bond motifs is 2. The molecule has 0 atom stereocenters. The Kier molecular flexibility index (Phi) is 7.04. The quantitative estimate of drug-likeness (QED) is 0.175. The van der Waals surface area contributed by atoms with E-state index in [1.165, 1.54) is 0 Å². The second kappa shape index (κ2) is 9.77. The van der Waals surface area contributed by atoms with Crippen molar-refractivity contribution in [2.75, 3.05) is 26.3 Å². The predicted molar refractivity (Wildman–Crippen MR) is 133 cm³/mol. The first-order chi connectivity index (χ1) is 17.5. The molecule has 182 valence electrons. The third-order valence-corrected chi connectivity index (χ3v) is 7.45. The van der Waals surface area contributed by atoms with Gasteiger partial charge < -0.3 is 10.2 Å². The SMILES string of the molecule is O=C1c2ccc3c4ccc5c6c(ccc(c7ccc(c2c37)C(=O)N1CCO)c64)C(=O)N(CCO)C5=O.[Y].[Y]. The number of aliphatic hydroxyl groups is 2. The minimum absolute atomic E-state index is 0. The van der Waals surface area contributed by atoms with E-state index in [9.17, 15) is 29.4 Å². The van der Waals surface area contributed by atoms with Crippen LogP contribution in [0.1, 0.15) is 41.4 Å². The molecule has 2 aliphatic heterocycles. The fraction of sp³-hybridized carbons (Fsp3) is 0.143. The summed E-state index contributed by atoms with van der Waals surface area (Å²) in [7, 11) is 0. The molecule has 38 heavy (non-hydrogen) atoms. The predicted octanol–water partition coefficient (Wildman–Crippen LogP) is 2.91. The van der Waals surface area contributed by atoms with Crippen molar-refractivity contribution in [1.29, 1.82) is 0 Å². The number of aliphatic hydroxyl groups excluding tert-OH is 2. The fourth-order valence-corrected chi connectivity index (χ4v) is 5.97. The number of carbonyl (C=O) groups is 4. The largest absolute Gasteiger partial charge is 0.395 e. The second-order valence-electron chi connectivity index (χ2n) is 9.11. The van der Waals surface area contributed by atoms with E-state index in [2.05, 4.69) is 0 Å². The molecule has 0 aromatic heterocycles. The van der Waals surface area contributed by atoms with E-state index < -0.39 is 23.6 Å². The minimum Gasteiger partial charge on any atom is -0.395 e. The molecule has 5 aromatic carbocycles. The van der Waals surface area contributed by atoms with E-state index in [0.717, 1.165) is 42.1 Å². The summed E-state index contributed by atoms with van der Waals surface area (Å²) in [5.41, 5.74) is 1.60. The number of imide groups is 2. The second-order valence-corrected chi connectivity index (χ2v) is 9.11. The van der Waals surface area contributed by atoms with Crippen LogP contribution in [0.5, 0.6) is 0 Å². The Morgan fingerprint density at radius 1 is 0.447 bits per heavy atom. The van der Waals surface area contributed by atoms with Crippen molar-refractivity contribution in [3.63, 3.8) is 0 Å². The molecule has 10 heteroatoms. The Morgan fingerprint density at radius 2 is 0.711 bits per heavy atom. The standard InChI is InChI=1S/C28H18N2O6.2Y/c31-11-9-29-25(33)17-5-1-13-14-2-6-19-24-20(28(36)30(10-12-32)27(19)35)8-4-16(22(14)24)15-3-7-18(26(29)34)23(17)21(13)15;;/h1-8,31-32H,9-12H2;;. The van der Waals surface area contributed by atoms with Gasteiger partial charge in [-0.3, -0.25) is 29.0 Å². The van der Waals surface area contributed by atoms with Gasteiger partial charge in [0.1, 0.15) is 0 Å². The number of carbonyl (C=O) groups excluding carboxylic acids is 4. The van der Waals surface area contributed by atoms with Gasteiger partial charge in [-0.2, -0.15) is 0 Å². The number of hydrogen-bond donors (Lipinski definition) is 2. The Balaban J connectivity index is 0.00000147. The zero-order chi connectivity index (χ0) is 24.9. The maximum atomic E-state index is 13.2. The monoisotopic (exact) mass is 656 g/mol. The van der Waals surface area contributed by atoms with Crippen LogP contribution in [0.25, 0.3) is 43.1 Å². The topological polar surface area (TPSA) is 115 Å². The van der Waals surface area contributed by atoms with Crippen molar-refractivity contribution in [1.82, 2.24) is 9.80 Å². The summed E-state index contributed by atoms with van der Waals surface area (Å²) >= 11 is 0. The van der Waals surface area contributed by atoms with Crippen LogP contribution in [0.4, 0.5) is 0 Å². The Hall–Kier alpha value is -2.19. The molecule has 2 aliphatic rings. The van der Waals surface area contributed by atoms with Gasteiger partial charge in [-0.15, -0.1) is 0 Å². The molecule has 0 spiro atoms. The molecule has 2 radical (unpaired) electrons. The van der Waals surface area contributed by atoms with Gasteiger partial charge in [-0.05, 0) is 56.6 Å². The first kappa shape index (κ1) is 27.4. The van der Waals surface area contributed by atoms with E-state index in [-0.39, 0.29) is 91.7 Å². The Labute approximate surface area is 266 Å². The van der Waals surface area contributed by atoms with Crippen molar-refractivity contribution in [3.8, 4) is 0 Å². The molecule has 0 saturated carbocycles. The van der Waals surface area contributed by atoms with Crippen LogP contribution in [0.15, 0.2) is 48.5 Å². The van der Waals surface area contributed by atoms with Crippen LogP contribution in [0, 0.1) is 0 Å². The fourth-order valence-electron chi connectivity index (χ4n) is 5.97. The number of β-amino-alcohol motifs (C(OH)–C–C–N with tert-alkyl or cyclic N) is 2. The third-order valence-electron chi connectivity index (χ3n) is 7.45. The molecule has 0 saturated heterocycles. The van der Waals surface area contributed by atoms with Crippen molar-refractivity contribution in [2.45, 2.75) is 0 Å². The summed E-state index contributed by atoms with van der Waals surface area (Å²) in [5, 5.41) is 24.7. The summed E-state index contributed by atoms with van der Waals surface area (Å²) in [6.45, 7) is -0.797. The van der Waals surface area contributed by atoms with E-state index in [1.807, 2.05) is 24.3 Å². The third kappa shape index (κ3) is 3.38. The van der Waals surface area contributed by atoms with Gasteiger partial charge in [0.25, 0.3) is 23.6 Å². The molecule has 4 amide bonds. The van der Waals surface area contributed by atoms with Gasteiger partial charge in [-0.1, -0.05) is 24.3 Å². The van der Waals surface area contributed by atoms with E-state index in [0.29, 0.717) is 33.0 Å². The van der Waals surface area contributed by atoms with Gasteiger partial charge in [0.2, 0.25) is 0 Å². The summed E-state index contributed by atoms with van der Waals surface area (Å²) in [6.07, 6.45) is 0. The first-order valence-corrected chi connectivity index (χ1v) is 11.6. The summed E-state index contributed by atoms with van der Waals surface area (Å²) in [5.74, 6) is -1.77. The molecule has 0 unspecified atom stereocenters. The molecule has 8 nitrogen and oxygen atoms in total. The maximum Gasteiger partial charge on any atom is 0.261 e. The molecule has 2 N–H and O–H groups in total. The summed E-state index contributed by atoms with van der Waals surface area (Å²) in [4.78, 5) is 54.8. The number of rotatable bonds is 4. The van der Waals surface area contributed by atoms with E-state index >= 15 is 0 Å². The smallest absolute Gasteiger partial charge is 0.261 e. The van der Waals surface area contributed by atoms with Crippen LogP contribution >= 0.6 is 0 Å². The van der Waals surface area contributed by atoms with Gasteiger partial charge in [0.05, 0.1) is 26.3 Å². The maximum absolute atomic E-state index is 13.2. The van der Waals surface area contributed by atoms with Crippen molar-refractivity contribution >= 4 is 66.7 Å². The van der Waals surface area contributed by atoms with Crippen molar-refractivity contribution in [2.24, 2.45) is 0 Å². The minimum atomic E-state index is -0.443. The van der Waals surface area contributed by atoms with Crippen LogP contribution in [0.3, 0.4) is 0 Å². The van der Waals surface area contributed by atoms with Gasteiger partial charge >= 0.3 is 0 Å². The molecule has 2 heterocycles. The normalized spacial score (nSPS) is 14.7. The molecule has 7 rings (SSSR count). The van der Waals surface area contributed by atoms with Gasteiger partial charge in [0.15, 0.2) is 0 Å². The van der Waals surface area contributed by atoms with E-state index in [1.54, 1.807) is 24.3 Å². The number of hydrogen-bond acceptors (Lipinski definition) is 6. The van der Waals surface area contributed by atoms with Crippen molar-refractivity contribution < 1.29 is 94.8 Å². The zero-order valence-corrected chi connectivity index (χ0v) is 25.7.